The smallest absolute Gasteiger partial charge is 0.368 e. The highest BCUT2D eigenvalue weighted by atomic mass is 16.5. The highest BCUT2D eigenvalue weighted by Crippen LogP contribution is 2.11. The molecule has 0 bridgehead atoms. The first-order valence-electron chi connectivity index (χ1n) is 6.57. The summed E-state index contributed by atoms with van der Waals surface area (Å²) in [6.07, 6.45) is 0.412. The third-order valence-corrected chi connectivity index (χ3v) is 2.86. The minimum Gasteiger partial charge on any atom is -0.383 e. The van der Waals surface area contributed by atoms with Gasteiger partial charge in [-0.05, 0) is 34.7 Å². The molecule has 0 unspecified atom stereocenters. The molecule has 8 heteroatoms. The topological polar surface area (TPSA) is 91.0 Å². The third kappa shape index (κ3) is 3.54. The Kier molecular flexibility index (Phi) is 4.83. The van der Waals surface area contributed by atoms with Crippen molar-refractivity contribution in [3.8, 4) is 5.69 Å². The van der Waals surface area contributed by atoms with Crippen molar-refractivity contribution < 1.29 is 9.53 Å². The van der Waals surface area contributed by atoms with Crippen molar-refractivity contribution in [1.82, 2.24) is 19.8 Å². The number of tetrazole rings is 1. The number of ether oxygens (including phenoxy) is 1. The van der Waals surface area contributed by atoms with Gasteiger partial charge in [0.25, 0.3) is 0 Å². The third-order valence-electron chi connectivity index (χ3n) is 2.86. The van der Waals surface area contributed by atoms with Gasteiger partial charge in [-0.2, -0.15) is 9.36 Å². The van der Waals surface area contributed by atoms with Crippen LogP contribution in [0.1, 0.15) is 13.3 Å². The predicted octanol–water partition coefficient (Wildman–Crippen LogP) is 0.424. The van der Waals surface area contributed by atoms with Crippen LogP contribution in [0, 0.1) is 0 Å². The highest BCUT2D eigenvalue weighted by molar-refractivity contribution is 5.90. The monoisotopic (exact) mass is 291 g/mol. The van der Waals surface area contributed by atoms with Crippen LogP contribution in [0.5, 0.6) is 0 Å². The summed E-state index contributed by atoms with van der Waals surface area (Å²) in [5.41, 5.74) is 0.918. The number of hydrogen-bond acceptors (Lipinski definition) is 5. The summed E-state index contributed by atoms with van der Waals surface area (Å²) >= 11 is 0. The Hall–Kier alpha value is -2.48. The fourth-order valence-corrected chi connectivity index (χ4v) is 1.69. The summed E-state index contributed by atoms with van der Waals surface area (Å²) in [6.45, 7) is 2.52. The Morgan fingerprint density at radius 3 is 2.62 bits per heavy atom. The Balaban J connectivity index is 2.17. The number of nitrogens with one attached hydrogen (secondary N) is 1. The average molecular weight is 291 g/mol. The number of carbonyl (C=O) groups is 1. The summed E-state index contributed by atoms with van der Waals surface area (Å²) in [4.78, 5) is 23.4. The normalized spacial score (nSPS) is 10.6. The number of benzene rings is 1. The van der Waals surface area contributed by atoms with Crippen LogP contribution in [0.2, 0.25) is 0 Å². The standard InChI is InChI=1S/C13H17N5O3/c1-3-12(19)14-10-4-6-11(7-5-10)18-13(20)17(15-16-18)8-9-21-2/h4-7H,3,8-9H2,1-2H3,(H,14,19). The summed E-state index contributed by atoms with van der Waals surface area (Å²) in [7, 11) is 1.55. The largest absolute Gasteiger partial charge is 0.383 e. The van der Waals surface area contributed by atoms with Gasteiger partial charge in [0.2, 0.25) is 5.91 Å². The van der Waals surface area contributed by atoms with Crippen LogP contribution in [-0.4, -0.2) is 39.4 Å². The Morgan fingerprint density at radius 1 is 1.29 bits per heavy atom. The van der Waals surface area contributed by atoms with Crippen LogP contribution < -0.4 is 11.0 Å². The molecule has 0 aliphatic heterocycles. The van der Waals surface area contributed by atoms with Crippen molar-refractivity contribution in [1.29, 1.82) is 0 Å². The fourth-order valence-electron chi connectivity index (χ4n) is 1.69. The summed E-state index contributed by atoms with van der Waals surface area (Å²) in [5.74, 6) is -0.0644. The number of rotatable bonds is 6. The molecule has 1 heterocycles. The van der Waals surface area contributed by atoms with E-state index in [-0.39, 0.29) is 11.6 Å². The zero-order valence-electron chi connectivity index (χ0n) is 11.9. The molecule has 1 N–H and O–H groups in total. The fraction of sp³-hybridized carbons (Fsp3) is 0.385. The van der Waals surface area contributed by atoms with E-state index in [1.165, 1.54) is 9.36 Å². The molecular weight excluding hydrogens is 274 g/mol. The van der Waals surface area contributed by atoms with Gasteiger partial charge in [-0.25, -0.2) is 4.79 Å². The first kappa shape index (κ1) is 14.9. The lowest BCUT2D eigenvalue weighted by molar-refractivity contribution is -0.115. The molecule has 0 aliphatic rings. The Bertz CT molecular complexity index is 659. The average Bonchev–Trinajstić information content (AvgIpc) is 2.87. The zero-order chi connectivity index (χ0) is 15.2. The van der Waals surface area contributed by atoms with Gasteiger partial charge in [0.15, 0.2) is 0 Å². The van der Waals surface area contributed by atoms with Crippen LogP contribution in [0.3, 0.4) is 0 Å². The Labute approximate surface area is 121 Å². The van der Waals surface area contributed by atoms with Crippen LogP contribution in [0.25, 0.3) is 5.69 Å². The van der Waals surface area contributed by atoms with Crippen LogP contribution >= 0.6 is 0 Å². The maximum absolute atomic E-state index is 12.1. The SMILES string of the molecule is CCC(=O)Nc1ccc(-n2nnn(CCOC)c2=O)cc1. The molecule has 0 fully saturated rings. The van der Waals surface area contributed by atoms with E-state index in [9.17, 15) is 9.59 Å². The molecule has 2 aromatic rings. The van der Waals surface area contributed by atoms with Gasteiger partial charge in [-0.3, -0.25) is 4.79 Å². The van der Waals surface area contributed by atoms with Crippen molar-refractivity contribution in [3.63, 3.8) is 0 Å². The maximum Gasteiger partial charge on any atom is 0.368 e. The molecule has 0 saturated carbocycles. The van der Waals surface area contributed by atoms with Crippen molar-refractivity contribution in [2.45, 2.75) is 19.9 Å². The van der Waals surface area contributed by atoms with E-state index in [0.29, 0.717) is 30.9 Å². The second-order valence-electron chi connectivity index (χ2n) is 4.34. The van der Waals surface area contributed by atoms with Gasteiger partial charge < -0.3 is 10.1 Å². The van der Waals surface area contributed by atoms with Crippen LogP contribution in [0.15, 0.2) is 29.1 Å². The van der Waals surface area contributed by atoms with E-state index in [4.69, 9.17) is 4.74 Å². The quantitative estimate of drug-likeness (QED) is 0.833. The van der Waals surface area contributed by atoms with Gasteiger partial charge in [0.1, 0.15) is 0 Å². The molecule has 1 amide bonds. The van der Waals surface area contributed by atoms with E-state index in [2.05, 4.69) is 15.7 Å². The van der Waals surface area contributed by atoms with Crippen molar-refractivity contribution in [2.24, 2.45) is 0 Å². The second-order valence-corrected chi connectivity index (χ2v) is 4.34. The number of aromatic nitrogens is 4. The molecule has 0 saturated heterocycles. The lowest BCUT2D eigenvalue weighted by Crippen LogP contribution is -2.25. The van der Waals surface area contributed by atoms with Gasteiger partial charge in [0.05, 0.1) is 18.8 Å². The minimum absolute atomic E-state index is 0.0644. The molecule has 0 spiro atoms. The maximum atomic E-state index is 12.1. The van der Waals surface area contributed by atoms with Gasteiger partial charge in [0, 0.05) is 19.2 Å². The molecule has 21 heavy (non-hydrogen) atoms. The van der Waals surface area contributed by atoms with Gasteiger partial charge in [-0.1, -0.05) is 6.92 Å². The summed E-state index contributed by atoms with van der Waals surface area (Å²) < 4.78 is 7.33. The van der Waals surface area contributed by atoms with Crippen LogP contribution in [0.4, 0.5) is 5.69 Å². The second kappa shape index (κ2) is 6.80. The van der Waals surface area contributed by atoms with E-state index in [1.807, 2.05) is 0 Å². The number of carbonyl (C=O) groups excluding carboxylic acids is 1. The summed E-state index contributed by atoms with van der Waals surface area (Å²) in [5, 5.41) is 10.3. The minimum atomic E-state index is -0.336. The van der Waals surface area contributed by atoms with Gasteiger partial charge in [-0.15, -0.1) is 0 Å². The van der Waals surface area contributed by atoms with E-state index >= 15 is 0 Å². The molecule has 1 aromatic carbocycles. The Morgan fingerprint density at radius 2 is 2.00 bits per heavy atom. The molecule has 0 atom stereocenters. The molecule has 1 aromatic heterocycles. The lowest BCUT2D eigenvalue weighted by atomic mass is 10.2. The van der Waals surface area contributed by atoms with E-state index in [0.717, 1.165) is 0 Å². The molecule has 0 aliphatic carbocycles. The number of amides is 1. The number of hydrogen-bond donors (Lipinski definition) is 1. The van der Waals surface area contributed by atoms with Gasteiger partial charge >= 0.3 is 5.69 Å². The van der Waals surface area contributed by atoms with Crippen LogP contribution in [-0.2, 0) is 16.1 Å². The number of anilines is 1. The number of nitrogens with zero attached hydrogens (tertiary/aromatic N) is 4. The molecular formula is C13H17N5O3. The molecule has 2 rings (SSSR count). The van der Waals surface area contributed by atoms with Crippen molar-refractivity contribution >= 4 is 11.6 Å². The first-order chi connectivity index (χ1) is 10.2. The van der Waals surface area contributed by atoms with E-state index < -0.39 is 0 Å². The lowest BCUT2D eigenvalue weighted by Gasteiger charge is -2.04. The van der Waals surface area contributed by atoms with Crippen molar-refractivity contribution in [2.75, 3.05) is 19.0 Å². The molecule has 0 radical (unpaired) electrons. The molecule has 8 nitrogen and oxygen atoms in total. The first-order valence-corrected chi connectivity index (χ1v) is 6.57. The van der Waals surface area contributed by atoms with Crippen molar-refractivity contribution in [3.05, 3.63) is 34.7 Å². The zero-order valence-corrected chi connectivity index (χ0v) is 11.9. The highest BCUT2D eigenvalue weighted by Gasteiger charge is 2.08. The van der Waals surface area contributed by atoms with E-state index in [1.54, 1.807) is 38.3 Å². The summed E-state index contributed by atoms with van der Waals surface area (Å²) in [6, 6.07) is 6.82. The number of methoxy groups -OCH3 is 1. The predicted molar refractivity (Wildman–Crippen MR) is 76.4 cm³/mol. The molecule has 112 valence electrons.